The molecule has 0 saturated heterocycles. The van der Waals surface area contributed by atoms with E-state index in [0.29, 0.717) is 5.95 Å². The van der Waals surface area contributed by atoms with E-state index in [2.05, 4.69) is 39.2 Å². The molecule has 0 spiro atoms. The van der Waals surface area contributed by atoms with Gasteiger partial charge in [-0.05, 0) is 35.7 Å². The third-order valence-corrected chi connectivity index (χ3v) is 3.72. The van der Waals surface area contributed by atoms with E-state index in [0.717, 1.165) is 28.2 Å². The maximum absolute atomic E-state index is 5.66. The summed E-state index contributed by atoms with van der Waals surface area (Å²) in [5.41, 5.74) is 9.91. The molecular formula is C18H14N4. The molecule has 22 heavy (non-hydrogen) atoms. The predicted molar refractivity (Wildman–Crippen MR) is 88.5 cm³/mol. The van der Waals surface area contributed by atoms with Crippen LogP contribution in [-0.2, 0) is 6.42 Å². The molecule has 106 valence electrons. The van der Waals surface area contributed by atoms with Crippen molar-refractivity contribution >= 4 is 27.8 Å². The van der Waals surface area contributed by atoms with Crippen LogP contribution in [0.5, 0.6) is 0 Å². The van der Waals surface area contributed by atoms with Crippen LogP contribution in [0.2, 0.25) is 0 Å². The average Bonchev–Trinajstić information content (AvgIpc) is 2.54. The van der Waals surface area contributed by atoms with Gasteiger partial charge >= 0.3 is 0 Å². The summed E-state index contributed by atoms with van der Waals surface area (Å²) in [6.07, 6.45) is 4.50. The number of nitrogens with zero attached hydrogens (tertiary/aromatic N) is 3. The zero-order valence-electron chi connectivity index (χ0n) is 11.9. The fourth-order valence-electron chi connectivity index (χ4n) is 2.64. The molecule has 0 amide bonds. The first-order chi connectivity index (χ1) is 10.8. The van der Waals surface area contributed by atoms with E-state index >= 15 is 0 Å². The average molecular weight is 286 g/mol. The quantitative estimate of drug-likeness (QED) is 0.613. The van der Waals surface area contributed by atoms with Gasteiger partial charge in [-0.15, -0.1) is 0 Å². The monoisotopic (exact) mass is 286 g/mol. The van der Waals surface area contributed by atoms with Crippen LogP contribution < -0.4 is 5.73 Å². The van der Waals surface area contributed by atoms with Crippen molar-refractivity contribution < 1.29 is 0 Å². The van der Waals surface area contributed by atoms with Gasteiger partial charge in [0.25, 0.3) is 0 Å². The van der Waals surface area contributed by atoms with Gasteiger partial charge in [0.1, 0.15) is 0 Å². The Kier molecular flexibility index (Phi) is 2.93. The van der Waals surface area contributed by atoms with E-state index < -0.39 is 0 Å². The lowest BCUT2D eigenvalue weighted by molar-refractivity contribution is 1.16. The molecule has 0 bridgehead atoms. The second-order valence-electron chi connectivity index (χ2n) is 5.33. The van der Waals surface area contributed by atoms with Crippen LogP contribution in [0, 0.1) is 0 Å². The minimum atomic E-state index is 0.303. The first kappa shape index (κ1) is 12.7. The normalized spacial score (nSPS) is 11.1. The van der Waals surface area contributed by atoms with E-state index in [4.69, 9.17) is 5.73 Å². The second kappa shape index (κ2) is 5.07. The Bertz CT molecular complexity index is 979. The summed E-state index contributed by atoms with van der Waals surface area (Å²) >= 11 is 0. The molecule has 2 heterocycles. The molecule has 4 heteroatoms. The smallest absolute Gasteiger partial charge is 0.220 e. The van der Waals surface area contributed by atoms with Crippen LogP contribution in [0.1, 0.15) is 11.1 Å². The molecule has 2 aromatic carbocycles. The lowest BCUT2D eigenvalue weighted by Crippen LogP contribution is -1.95. The predicted octanol–water partition coefficient (Wildman–Crippen LogP) is 3.35. The molecule has 4 nitrogen and oxygen atoms in total. The van der Waals surface area contributed by atoms with Crippen molar-refractivity contribution in [3.63, 3.8) is 0 Å². The number of nitrogens with two attached hydrogens (primary N) is 1. The van der Waals surface area contributed by atoms with Crippen LogP contribution in [0.3, 0.4) is 0 Å². The van der Waals surface area contributed by atoms with Crippen molar-refractivity contribution in [2.75, 3.05) is 5.73 Å². The van der Waals surface area contributed by atoms with Crippen LogP contribution in [0.15, 0.2) is 60.9 Å². The number of nitrogen functional groups attached to an aromatic ring is 1. The number of hydrogen-bond donors (Lipinski definition) is 1. The topological polar surface area (TPSA) is 64.7 Å². The van der Waals surface area contributed by atoms with Crippen molar-refractivity contribution in [3.8, 4) is 0 Å². The summed E-state index contributed by atoms with van der Waals surface area (Å²) in [5.74, 6) is 0.303. The van der Waals surface area contributed by atoms with Gasteiger partial charge < -0.3 is 5.73 Å². The number of aromatic nitrogens is 3. The first-order valence-electron chi connectivity index (χ1n) is 7.13. The number of para-hydroxylation sites is 1. The van der Waals surface area contributed by atoms with Gasteiger partial charge in [-0.25, -0.2) is 9.97 Å². The number of pyridine rings is 1. The van der Waals surface area contributed by atoms with E-state index in [-0.39, 0.29) is 0 Å². The van der Waals surface area contributed by atoms with Crippen LogP contribution in [0.4, 0.5) is 5.95 Å². The maximum Gasteiger partial charge on any atom is 0.220 e. The Balaban J connectivity index is 1.72. The van der Waals surface area contributed by atoms with Crippen molar-refractivity contribution in [1.29, 1.82) is 0 Å². The number of rotatable bonds is 2. The molecule has 0 unspecified atom stereocenters. The largest absolute Gasteiger partial charge is 0.368 e. The molecule has 4 aromatic rings. The minimum Gasteiger partial charge on any atom is -0.368 e. The van der Waals surface area contributed by atoms with Crippen molar-refractivity contribution in [3.05, 3.63) is 72.1 Å². The highest BCUT2D eigenvalue weighted by Gasteiger charge is 2.03. The summed E-state index contributed by atoms with van der Waals surface area (Å²) in [6, 6.07) is 16.5. The lowest BCUT2D eigenvalue weighted by atomic mass is 10.0. The Hall–Kier alpha value is -3.01. The van der Waals surface area contributed by atoms with Crippen LogP contribution in [0.25, 0.3) is 21.8 Å². The second-order valence-corrected chi connectivity index (χ2v) is 5.33. The third-order valence-electron chi connectivity index (χ3n) is 3.72. The van der Waals surface area contributed by atoms with Gasteiger partial charge in [0.15, 0.2) is 0 Å². The highest BCUT2D eigenvalue weighted by molar-refractivity contribution is 5.80. The fourth-order valence-corrected chi connectivity index (χ4v) is 2.64. The number of hydrogen-bond acceptors (Lipinski definition) is 4. The minimum absolute atomic E-state index is 0.303. The van der Waals surface area contributed by atoms with Gasteiger partial charge in [-0.1, -0.05) is 30.3 Å². The molecule has 2 N–H and O–H groups in total. The van der Waals surface area contributed by atoms with E-state index in [1.54, 1.807) is 6.20 Å². The van der Waals surface area contributed by atoms with Crippen molar-refractivity contribution in [2.24, 2.45) is 0 Å². The van der Waals surface area contributed by atoms with E-state index in [1.807, 2.05) is 30.5 Å². The molecule has 2 aromatic heterocycles. The zero-order valence-corrected chi connectivity index (χ0v) is 11.9. The van der Waals surface area contributed by atoms with Crippen molar-refractivity contribution in [2.45, 2.75) is 6.42 Å². The summed E-state index contributed by atoms with van der Waals surface area (Å²) in [5, 5.41) is 2.15. The number of fused-ring (bicyclic) bond motifs is 2. The number of benzene rings is 2. The molecule has 0 fully saturated rings. The first-order valence-corrected chi connectivity index (χ1v) is 7.13. The standard InChI is InChI=1S/C18H14N4/c19-18-21-11-15-6-5-12(9-17(15)22-18)7-13-8-14-3-1-2-4-16(14)20-10-13/h1-6,8-11H,7H2,(H2,19,21,22). The molecule has 4 rings (SSSR count). The lowest BCUT2D eigenvalue weighted by Gasteiger charge is -2.05. The molecule has 0 aliphatic heterocycles. The van der Waals surface area contributed by atoms with E-state index in [9.17, 15) is 0 Å². The summed E-state index contributed by atoms with van der Waals surface area (Å²) in [6.45, 7) is 0. The highest BCUT2D eigenvalue weighted by Crippen LogP contribution is 2.19. The van der Waals surface area contributed by atoms with Crippen molar-refractivity contribution in [1.82, 2.24) is 15.0 Å². The Morgan fingerprint density at radius 2 is 1.68 bits per heavy atom. The maximum atomic E-state index is 5.66. The molecule has 0 atom stereocenters. The molecule has 0 aliphatic rings. The van der Waals surface area contributed by atoms with Gasteiger partial charge in [0.2, 0.25) is 5.95 Å². The Morgan fingerprint density at radius 3 is 2.64 bits per heavy atom. The SMILES string of the molecule is Nc1ncc2ccc(Cc3cnc4ccccc4c3)cc2n1. The highest BCUT2D eigenvalue weighted by atomic mass is 15.0. The van der Waals surface area contributed by atoms with Gasteiger partial charge in [-0.3, -0.25) is 4.98 Å². The third kappa shape index (κ3) is 2.35. The Morgan fingerprint density at radius 1 is 0.773 bits per heavy atom. The molecule has 0 radical (unpaired) electrons. The Labute approximate surface area is 127 Å². The van der Waals surface area contributed by atoms with Crippen LogP contribution >= 0.6 is 0 Å². The van der Waals surface area contributed by atoms with Gasteiger partial charge in [-0.2, -0.15) is 0 Å². The number of anilines is 1. The summed E-state index contributed by atoms with van der Waals surface area (Å²) in [4.78, 5) is 12.8. The molecule has 0 saturated carbocycles. The summed E-state index contributed by atoms with van der Waals surface area (Å²) in [7, 11) is 0. The zero-order chi connectivity index (χ0) is 14.9. The fraction of sp³-hybridized carbons (Fsp3) is 0.0556. The van der Waals surface area contributed by atoms with Gasteiger partial charge in [0, 0.05) is 23.2 Å². The van der Waals surface area contributed by atoms with Crippen LogP contribution in [-0.4, -0.2) is 15.0 Å². The molecular weight excluding hydrogens is 272 g/mol. The van der Waals surface area contributed by atoms with E-state index in [1.165, 1.54) is 11.1 Å². The van der Waals surface area contributed by atoms with Gasteiger partial charge in [0.05, 0.1) is 11.0 Å². The molecule has 0 aliphatic carbocycles. The summed E-state index contributed by atoms with van der Waals surface area (Å²) < 4.78 is 0.